The molecule has 0 aliphatic carbocycles. The molecule has 1 heterocycles. The number of rotatable bonds is 7. The Labute approximate surface area is 170 Å². The molecule has 29 heavy (non-hydrogen) atoms. The summed E-state index contributed by atoms with van der Waals surface area (Å²) in [6, 6.07) is 13.3. The van der Waals surface area contributed by atoms with Crippen molar-refractivity contribution in [1.29, 1.82) is 0 Å². The number of nitrogens with one attached hydrogen (secondary N) is 1. The molecule has 0 aromatic heterocycles. The molecule has 1 aliphatic rings. The fraction of sp³-hybridized carbons (Fsp3) is 0.364. The van der Waals surface area contributed by atoms with Crippen LogP contribution in [0.5, 0.6) is 11.5 Å². The number of fused-ring (bicyclic) bond motifs is 1. The number of methoxy groups -OCH3 is 2. The number of carbonyl (C=O) groups excluding carboxylic acids is 1. The minimum atomic E-state index is -0.866. The molecular weight excluding hydrogens is 372 g/mol. The number of benzene rings is 2. The maximum atomic E-state index is 12.9. The average Bonchev–Trinajstić information content (AvgIpc) is 2.75. The van der Waals surface area contributed by atoms with E-state index in [1.165, 1.54) is 0 Å². The van der Waals surface area contributed by atoms with Crippen LogP contribution < -0.4 is 14.8 Å². The van der Waals surface area contributed by atoms with Crippen molar-refractivity contribution in [2.75, 3.05) is 27.3 Å². The summed E-state index contributed by atoms with van der Waals surface area (Å²) in [5, 5.41) is 11.6. The molecule has 0 radical (unpaired) electrons. The highest BCUT2D eigenvalue weighted by molar-refractivity contribution is 5.76. The highest BCUT2D eigenvalue weighted by Crippen LogP contribution is 2.40. The van der Waals surface area contributed by atoms with Crippen molar-refractivity contribution in [2.45, 2.75) is 25.3 Å². The first-order valence-corrected chi connectivity index (χ1v) is 9.61. The minimum absolute atomic E-state index is 0.0300. The number of urea groups is 1. The second-order valence-corrected chi connectivity index (χ2v) is 6.89. The van der Waals surface area contributed by atoms with Gasteiger partial charge >= 0.3 is 12.0 Å². The van der Waals surface area contributed by atoms with Crippen LogP contribution in [-0.4, -0.2) is 49.3 Å². The molecule has 1 unspecified atom stereocenters. The lowest BCUT2D eigenvalue weighted by atomic mass is 9.88. The maximum Gasteiger partial charge on any atom is 0.318 e. The van der Waals surface area contributed by atoms with Crippen LogP contribution in [0.3, 0.4) is 0 Å². The highest BCUT2D eigenvalue weighted by atomic mass is 16.5. The Morgan fingerprint density at radius 1 is 1.14 bits per heavy atom. The fourth-order valence-corrected chi connectivity index (χ4v) is 3.70. The molecule has 0 spiro atoms. The van der Waals surface area contributed by atoms with Crippen LogP contribution in [0.15, 0.2) is 42.5 Å². The van der Waals surface area contributed by atoms with E-state index in [9.17, 15) is 9.59 Å². The van der Waals surface area contributed by atoms with Gasteiger partial charge in [-0.3, -0.25) is 4.79 Å². The van der Waals surface area contributed by atoms with Crippen LogP contribution >= 0.6 is 0 Å². The van der Waals surface area contributed by atoms with Crippen LogP contribution in [0.1, 0.15) is 35.6 Å². The lowest BCUT2D eigenvalue weighted by Crippen LogP contribution is -2.46. The van der Waals surface area contributed by atoms with E-state index >= 15 is 0 Å². The molecule has 3 rings (SSSR count). The maximum absolute atomic E-state index is 12.9. The molecule has 0 bridgehead atoms. The second kappa shape index (κ2) is 9.32. The predicted molar refractivity (Wildman–Crippen MR) is 109 cm³/mol. The van der Waals surface area contributed by atoms with Gasteiger partial charge < -0.3 is 24.8 Å². The molecule has 2 aromatic carbocycles. The Kier molecular flexibility index (Phi) is 6.59. The summed E-state index contributed by atoms with van der Waals surface area (Å²) in [7, 11) is 3.20. The van der Waals surface area contributed by atoms with Crippen molar-refractivity contribution in [3.8, 4) is 11.5 Å². The number of amides is 2. The van der Waals surface area contributed by atoms with Gasteiger partial charge in [0.2, 0.25) is 0 Å². The molecule has 0 saturated carbocycles. The molecule has 7 nitrogen and oxygen atoms in total. The summed E-state index contributed by atoms with van der Waals surface area (Å²) in [5.41, 5.74) is 3.12. The zero-order chi connectivity index (χ0) is 20.8. The minimum Gasteiger partial charge on any atom is -0.493 e. The monoisotopic (exact) mass is 398 g/mol. The van der Waals surface area contributed by atoms with E-state index in [4.69, 9.17) is 14.6 Å². The van der Waals surface area contributed by atoms with Gasteiger partial charge in [0.25, 0.3) is 0 Å². The quantitative estimate of drug-likeness (QED) is 0.699. The average molecular weight is 398 g/mol. The van der Waals surface area contributed by atoms with E-state index < -0.39 is 5.97 Å². The molecule has 0 fully saturated rings. The third-order valence-corrected chi connectivity index (χ3v) is 5.09. The Morgan fingerprint density at radius 3 is 2.48 bits per heavy atom. The van der Waals surface area contributed by atoms with Crippen LogP contribution in [0.4, 0.5) is 4.79 Å². The van der Waals surface area contributed by atoms with E-state index in [2.05, 4.69) is 5.32 Å². The predicted octanol–water partition coefficient (Wildman–Crippen LogP) is 3.23. The van der Waals surface area contributed by atoms with E-state index in [1.807, 2.05) is 42.5 Å². The number of aliphatic carboxylic acids is 1. The molecule has 2 N–H and O–H groups in total. The highest BCUT2D eigenvalue weighted by Gasteiger charge is 2.33. The largest absolute Gasteiger partial charge is 0.493 e. The van der Waals surface area contributed by atoms with Crippen molar-refractivity contribution in [1.82, 2.24) is 10.2 Å². The zero-order valence-corrected chi connectivity index (χ0v) is 16.7. The molecule has 1 aliphatic heterocycles. The lowest BCUT2D eigenvalue weighted by molar-refractivity contribution is -0.137. The van der Waals surface area contributed by atoms with E-state index in [1.54, 1.807) is 19.1 Å². The number of nitrogens with zero attached hydrogens (tertiary/aromatic N) is 1. The first-order valence-electron chi connectivity index (χ1n) is 9.61. The van der Waals surface area contributed by atoms with E-state index in [-0.39, 0.29) is 18.5 Å². The first kappa shape index (κ1) is 20.5. The summed E-state index contributed by atoms with van der Waals surface area (Å²) in [6.07, 6.45) is 1.12. The van der Waals surface area contributed by atoms with Crippen molar-refractivity contribution in [2.24, 2.45) is 0 Å². The van der Waals surface area contributed by atoms with E-state index in [0.717, 1.165) is 16.7 Å². The summed E-state index contributed by atoms with van der Waals surface area (Å²) < 4.78 is 10.9. The number of carboxylic acids is 1. The van der Waals surface area contributed by atoms with Gasteiger partial charge in [-0.15, -0.1) is 0 Å². The summed E-state index contributed by atoms with van der Waals surface area (Å²) in [5.74, 6) is 0.426. The Hall–Kier alpha value is -3.22. The van der Waals surface area contributed by atoms with Gasteiger partial charge in [0.1, 0.15) is 0 Å². The normalized spacial score (nSPS) is 15.4. The molecule has 7 heteroatoms. The van der Waals surface area contributed by atoms with Gasteiger partial charge in [-0.05, 0) is 41.7 Å². The van der Waals surface area contributed by atoms with Gasteiger partial charge in [-0.2, -0.15) is 0 Å². The van der Waals surface area contributed by atoms with Crippen LogP contribution in [0.25, 0.3) is 0 Å². The lowest BCUT2D eigenvalue weighted by Gasteiger charge is -2.38. The number of hydrogen-bond acceptors (Lipinski definition) is 4. The van der Waals surface area contributed by atoms with Gasteiger partial charge in [0.15, 0.2) is 11.5 Å². The fourth-order valence-electron chi connectivity index (χ4n) is 3.70. The van der Waals surface area contributed by atoms with Gasteiger partial charge in [0, 0.05) is 19.5 Å². The third kappa shape index (κ3) is 4.62. The standard InChI is InChI=1S/C22H26N2O5/c1-28-18-13-16-10-12-24(22(27)23-11-6-9-20(25)26)21(15-7-4-3-5-8-15)17(16)14-19(18)29-2/h3-5,7-8,13-14,21H,6,9-12H2,1-2H3,(H,23,27)(H,25,26). The summed E-state index contributed by atoms with van der Waals surface area (Å²) >= 11 is 0. The van der Waals surface area contributed by atoms with E-state index in [0.29, 0.717) is 37.4 Å². The van der Waals surface area contributed by atoms with Crippen molar-refractivity contribution < 1.29 is 24.2 Å². The molecule has 2 aromatic rings. The molecule has 0 saturated heterocycles. The Morgan fingerprint density at radius 2 is 1.83 bits per heavy atom. The summed E-state index contributed by atoms with van der Waals surface area (Å²) in [4.78, 5) is 25.4. The Balaban J connectivity index is 1.92. The third-order valence-electron chi connectivity index (χ3n) is 5.09. The number of carboxylic acid groups (broad SMARTS) is 1. The van der Waals surface area contributed by atoms with Crippen LogP contribution in [0.2, 0.25) is 0 Å². The summed E-state index contributed by atoms with van der Waals surface area (Å²) in [6.45, 7) is 0.870. The SMILES string of the molecule is COc1cc2c(cc1OC)C(c1ccccc1)N(C(=O)NCCCC(=O)O)CC2. The second-order valence-electron chi connectivity index (χ2n) is 6.89. The van der Waals surface area contributed by atoms with Gasteiger partial charge in [-0.1, -0.05) is 30.3 Å². The molecule has 154 valence electrons. The van der Waals surface area contributed by atoms with Crippen molar-refractivity contribution >= 4 is 12.0 Å². The van der Waals surface area contributed by atoms with Crippen LogP contribution in [-0.2, 0) is 11.2 Å². The molecular formula is C22H26N2O5. The number of hydrogen-bond donors (Lipinski definition) is 2. The topological polar surface area (TPSA) is 88.1 Å². The van der Waals surface area contributed by atoms with Crippen molar-refractivity contribution in [3.05, 3.63) is 59.2 Å². The van der Waals surface area contributed by atoms with Gasteiger partial charge in [0.05, 0.1) is 20.3 Å². The molecule has 1 atom stereocenters. The van der Waals surface area contributed by atoms with Crippen LogP contribution in [0, 0.1) is 0 Å². The Bertz CT molecular complexity index is 869. The van der Waals surface area contributed by atoms with Gasteiger partial charge in [-0.25, -0.2) is 4.79 Å². The molecule has 2 amide bonds. The van der Waals surface area contributed by atoms with Crippen molar-refractivity contribution in [3.63, 3.8) is 0 Å². The number of ether oxygens (including phenoxy) is 2. The zero-order valence-electron chi connectivity index (χ0n) is 16.7. The first-order chi connectivity index (χ1) is 14.0. The smallest absolute Gasteiger partial charge is 0.318 e. The number of carbonyl (C=O) groups is 2.